The van der Waals surface area contributed by atoms with Crippen LogP contribution in [0.3, 0.4) is 0 Å². The number of methoxy groups -OCH3 is 1. The average Bonchev–Trinajstić information content (AvgIpc) is 2.97. The van der Waals surface area contributed by atoms with E-state index >= 15 is 0 Å². The Morgan fingerprint density at radius 2 is 2.09 bits per heavy atom. The van der Waals surface area contributed by atoms with E-state index in [4.69, 9.17) is 5.73 Å². The molecule has 0 unspecified atom stereocenters. The number of aromatic nitrogens is 4. The Bertz CT molecular complexity index is 831. The lowest BCUT2D eigenvalue weighted by Gasteiger charge is -2.07. The van der Waals surface area contributed by atoms with Gasteiger partial charge < -0.3 is 20.4 Å². The lowest BCUT2D eigenvalue weighted by molar-refractivity contribution is -0.138. The van der Waals surface area contributed by atoms with Gasteiger partial charge in [-0.15, -0.1) is 0 Å². The molecule has 2 heterocycles. The summed E-state index contributed by atoms with van der Waals surface area (Å²) in [5.74, 6) is 0.106. The number of benzene rings is 1. The number of nitrogen functional groups attached to an aromatic ring is 1. The SMILES string of the molecule is COC(=O)CNc1nc(N)c2ncn(Cc3ccccc3)c2n1. The second kappa shape index (κ2) is 6.30. The molecule has 0 atom stereocenters. The second-order valence-electron chi connectivity index (χ2n) is 4.89. The smallest absolute Gasteiger partial charge is 0.325 e. The first-order valence-electron chi connectivity index (χ1n) is 7.00. The van der Waals surface area contributed by atoms with Crippen LogP contribution in [0.4, 0.5) is 11.8 Å². The van der Waals surface area contributed by atoms with E-state index in [-0.39, 0.29) is 18.3 Å². The van der Waals surface area contributed by atoms with Gasteiger partial charge in [-0.2, -0.15) is 9.97 Å². The van der Waals surface area contributed by atoms with E-state index in [1.165, 1.54) is 7.11 Å². The van der Waals surface area contributed by atoms with Crippen LogP contribution >= 0.6 is 0 Å². The highest BCUT2D eigenvalue weighted by Crippen LogP contribution is 2.19. The number of imidazole rings is 1. The van der Waals surface area contributed by atoms with E-state index in [1.807, 2.05) is 34.9 Å². The second-order valence-corrected chi connectivity index (χ2v) is 4.89. The zero-order valence-electron chi connectivity index (χ0n) is 12.6. The van der Waals surface area contributed by atoms with Crippen molar-refractivity contribution >= 4 is 28.9 Å². The summed E-state index contributed by atoms with van der Waals surface area (Å²) in [5.41, 5.74) is 8.18. The van der Waals surface area contributed by atoms with Gasteiger partial charge in [0.2, 0.25) is 5.95 Å². The fraction of sp³-hybridized carbons (Fsp3) is 0.200. The summed E-state index contributed by atoms with van der Waals surface area (Å²) in [4.78, 5) is 24.0. The van der Waals surface area contributed by atoms with Crippen LogP contribution in [0.5, 0.6) is 0 Å². The van der Waals surface area contributed by atoms with Crippen LogP contribution in [0.1, 0.15) is 5.56 Å². The van der Waals surface area contributed by atoms with Crippen LogP contribution in [-0.2, 0) is 16.1 Å². The number of hydrogen-bond acceptors (Lipinski definition) is 7. The van der Waals surface area contributed by atoms with Crippen LogP contribution < -0.4 is 11.1 Å². The minimum atomic E-state index is -0.412. The highest BCUT2D eigenvalue weighted by Gasteiger charge is 2.12. The van der Waals surface area contributed by atoms with Crippen LogP contribution in [-0.4, -0.2) is 39.1 Å². The highest BCUT2D eigenvalue weighted by molar-refractivity contribution is 5.83. The van der Waals surface area contributed by atoms with E-state index in [0.717, 1.165) is 5.56 Å². The van der Waals surface area contributed by atoms with Gasteiger partial charge in [0.15, 0.2) is 11.5 Å². The zero-order chi connectivity index (χ0) is 16.2. The lowest BCUT2D eigenvalue weighted by Crippen LogP contribution is -2.17. The minimum Gasteiger partial charge on any atom is -0.468 e. The summed E-state index contributed by atoms with van der Waals surface area (Å²) in [7, 11) is 1.32. The molecular formula is C15H16N6O2. The summed E-state index contributed by atoms with van der Waals surface area (Å²) in [6.45, 7) is 0.582. The maximum atomic E-state index is 11.2. The van der Waals surface area contributed by atoms with Crippen molar-refractivity contribution < 1.29 is 9.53 Å². The molecule has 8 nitrogen and oxygen atoms in total. The van der Waals surface area contributed by atoms with Crippen molar-refractivity contribution in [3.63, 3.8) is 0 Å². The number of nitrogens with two attached hydrogens (primary N) is 1. The van der Waals surface area contributed by atoms with Crippen LogP contribution in [0, 0.1) is 0 Å². The molecule has 0 bridgehead atoms. The average molecular weight is 312 g/mol. The van der Waals surface area contributed by atoms with E-state index in [1.54, 1.807) is 6.33 Å². The van der Waals surface area contributed by atoms with Crippen molar-refractivity contribution in [2.75, 3.05) is 24.7 Å². The molecule has 118 valence electrons. The first-order valence-corrected chi connectivity index (χ1v) is 7.00. The Labute approximate surface area is 132 Å². The van der Waals surface area contributed by atoms with Gasteiger partial charge >= 0.3 is 5.97 Å². The van der Waals surface area contributed by atoms with Gasteiger partial charge in [-0.05, 0) is 5.56 Å². The van der Waals surface area contributed by atoms with Gasteiger partial charge in [0.1, 0.15) is 12.1 Å². The van der Waals surface area contributed by atoms with Gasteiger partial charge in [-0.1, -0.05) is 30.3 Å². The molecule has 0 aliphatic heterocycles. The Morgan fingerprint density at radius 1 is 1.30 bits per heavy atom. The monoisotopic (exact) mass is 312 g/mol. The van der Waals surface area contributed by atoms with Crippen molar-refractivity contribution in [3.8, 4) is 0 Å². The van der Waals surface area contributed by atoms with Gasteiger partial charge in [0.05, 0.1) is 20.0 Å². The maximum absolute atomic E-state index is 11.2. The Morgan fingerprint density at radius 3 is 2.83 bits per heavy atom. The molecule has 0 spiro atoms. The number of nitrogens with one attached hydrogen (secondary N) is 1. The van der Waals surface area contributed by atoms with E-state index in [9.17, 15) is 4.79 Å². The first kappa shape index (κ1) is 14.8. The predicted molar refractivity (Wildman–Crippen MR) is 85.8 cm³/mol. The van der Waals surface area contributed by atoms with Crippen molar-refractivity contribution in [1.29, 1.82) is 0 Å². The van der Waals surface area contributed by atoms with Gasteiger partial charge in [-0.25, -0.2) is 4.98 Å². The molecule has 0 saturated carbocycles. The predicted octanol–water partition coefficient (Wildman–Crippen LogP) is 1.04. The third-order valence-electron chi connectivity index (χ3n) is 3.31. The number of ether oxygens (including phenoxy) is 1. The summed E-state index contributed by atoms with van der Waals surface area (Å²) in [6, 6.07) is 9.95. The summed E-state index contributed by atoms with van der Waals surface area (Å²) >= 11 is 0. The van der Waals surface area contributed by atoms with Crippen molar-refractivity contribution in [2.45, 2.75) is 6.54 Å². The fourth-order valence-electron chi connectivity index (χ4n) is 2.16. The molecular weight excluding hydrogens is 296 g/mol. The molecule has 0 aliphatic rings. The molecule has 2 aromatic heterocycles. The largest absolute Gasteiger partial charge is 0.468 e. The quantitative estimate of drug-likeness (QED) is 0.678. The normalized spacial score (nSPS) is 10.7. The minimum absolute atomic E-state index is 0.0335. The molecule has 3 aromatic rings. The number of anilines is 2. The molecule has 3 N–H and O–H groups in total. The van der Waals surface area contributed by atoms with E-state index in [2.05, 4.69) is 25.0 Å². The number of carbonyl (C=O) groups is 1. The third-order valence-corrected chi connectivity index (χ3v) is 3.31. The lowest BCUT2D eigenvalue weighted by atomic mass is 10.2. The standard InChI is InChI=1S/C15H16N6O2/c1-23-11(22)7-17-15-19-13(16)12-14(20-15)21(9-18-12)8-10-5-3-2-4-6-10/h2-6,9H,7-8H2,1H3,(H3,16,17,19,20). The first-order chi connectivity index (χ1) is 11.2. The fourth-order valence-corrected chi connectivity index (χ4v) is 2.16. The molecule has 8 heteroatoms. The van der Waals surface area contributed by atoms with Crippen molar-refractivity contribution in [2.24, 2.45) is 0 Å². The molecule has 0 radical (unpaired) electrons. The Balaban J connectivity index is 1.91. The number of carbonyl (C=O) groups excluding carboxylic acids is 1. The molecule has 0 fully saturated rings. The van der Waals surface area contributed by atoms with Gasteiger partial charge in [0, 0.05) is 0 Å². The number of nitrogens with zero attached hydrogens (tertiary/aromatic N) is 4. The Kier molecular flexibility index (Phi) is 4.05. The Hall–Kier alpha value is -3.16. The molecule has 0 saturated heterocycles. The van der Waals surface area contributed by atoms with Crippen LogP contribution in [0.15, 0.2) is 36.7 Å². The molecule has 1 aromatic carbocycles. The molecule has 23 heavy (non-hydrogen) atoms. The maximum Gasteiger partial charge on any atom is 0.325 e. The molecule has 3 rings (SSSR count). The topological polar surface area (TPSA) is 108 Å². The summed E-state index contributed by atoms with van der Waals surface area (Å²) < 4.78 is 6.45. The van der Waals surface area contributed by atoms with E-state index < -0.39 is 5.97 Å². The van der Waals surface area contributed by atoms with Crippen molar-refractivity contribution in [3.05, 3.63) is 42.2 Å². The molecule has 0 aliphatic carbocycles. The van der Waals surface area contributed by atoms with Gasteiger partial charge in [0.25, 0.3) is 0 Å². The third kappa shape index (κ3) is 3.20. The van der Waals surface area contributed by atoms with E-state index in [0.29, 0.717) is 17.7 Å². The van der Waals surface area contributed by atoms with Crippen LogP contribution in [0.2, 0.25) is 0 Å². The number of fused-ring (bicyclic) bond motifs is 1. The summed E-state index contributed by atoms with van der Waals surface area (Å²) in [5, 5.41) is 2.79. The van der Waals surface area contributed by atoms with Crippen LogP contribution in [0.25, 0.3) is 11.2 Å². The molecule has 0 amide bonds. The highest BCUT2D eigenvalue weighted by atomic mass is 16.5. The van der Waals surface area contributed by atoms with Crippen molar-refractivity contribution in [1.82, 2.24) is 19.5 Å². The zero-order valence-corrected chi connectivity index (χ0v) is 12.6. The number of esters is 1. The summed E-state index contributed by atoms with van der Waals surface area (Å²) in [6.07, 6.45) is 1.67. The number of hydrogen-bond donors (Lipinski definition) is 2. The number of rotatable bonds is 5. The van der Waals surface area contributed by atoms with Gasteiger partial charge in [-0.3, -0.25) is 4.79 Å².